The monoisotopic (exact) mass is 952 g/mol. The first kappa shape index (κ1) is 42.9. The van der Waals surface area contributed by atoms with Crippen LogP contribution in [-0.2, 0) is 5.41 Å². The zero-order valence-electron chi connectivity index (χ0n) is 41.1. The molecule has 0 amide bonds. The molecule has 13 aromatic rings. The highest BCUT2D eigenvalue weighted by atomic mass is 15.1. The maximum absolute atomic E-state index is 2.48. The summed E-state index contributed by atoms with van der Waals surface area (Å²) in [4.78, 5) is 2.48. The fourth-order valence-corrected chi connectivity index (χ4v) is 12.8. The molecule has 0 N–H and O–H groups in total. The van der Waals surface area contributed by atoms with Crippen LogP contribution in [0.2, 0.25) is 0 Å². The Labute approximate surface area is 437 Å². The number of aromatic nitrogens is 1. The second-order valence-electron chi connectivity index (χ2n) is 19.9. The number of benzene rings is 12. The lowest BCUT2D eigenvalue weighted by molar-refractivity contribution is 0.794. The largest absolute Gasteiger partial charge is 0.310 e. The number of rotatable bonds is 8. The molecule has 12 aromatic carbocycles. The lowest BCUT2D eigenvalue weighted by atomic mass is 9.70. The van der Waals surface area contributed by atoms with Gasteiger partial charge in [-0.3, -0.25) is 0 Å². The highest BCUT2D eigenvalue weighted by Crippen LogP contribution is 2.64. The molecule has 1 spiro atoms. The van der Waals surface area contributed by atoms with Crippen molar-refractivity contribution < 1.29 is 0 Å². The van der Waals surface area contributed by atoms with Crippen molar-refractivity contribution >= 4 is 38.9 Å². The van der Waals surface area contributed by atoms with Crippen LogP contribution in [0, 0.1) is 0 Å². The third-order valence-corrected chi connectivity index (χ3v) is 16.0. The molecular formula is C73H48N2. The van der Waals surface area contributed by atoms with E-state index in [0.717, 1.165) is 39.4 Å². The Morgan fingerprint density at radius 1 is 0.267 bits per heavy atom. The van der Waals surface area contributed by atoms with Gasteiger partial charge in [-0.25, -0.2) is 0 Å². The molecule has 350 valence electrons. The van der Waals surface area contributed by atoms with Gasteiger partial charge in [-0.1, -0.05) is 231 Å². The Morgan fingerprint density at radius 2 is 0.707 bits per heavy atom. The van der Waals surface area contributed by atoms with Gasteiger partial charge in [0.25, 0.3) is 0 Å². The van der Waals surface area contributed by atoms with E-state index in [1.165, 1.54) is 94.1 Å². The van der Waals surface area contributed by atoms with Gasteiger partial charge < -0.3 is 9.47 Å². The minimum Gasteiger partial charge on any atom is -0.310 e. The maximum Gasteiger partial charge on any atom is 0.0725 e. The maximum atomic E-state index is 2.48. The third-order valence-electron chi connectivity index (χ3n) is 16.0. The van der Waals surface area contributed by atoms with Gasteiger partial charge in [-0.15, -0.1) is 0 Å². The Kier molecular flexibility index (Phi) is 9.83. The van der Waals surface area contributed by atoms with E-state index in [-0.39, 0.29) is 0 Å². The Morgan fingerprint density at radius 3 is 1.36 bits per heavy atom. The van der Waals surface area contributed by atoms with Crippen LogP contribution in [0.25, 0.3) is 94.3 Å². The van der Waals surface area contributed by atoms with E-state index in [1.807, 2.05) is 0 Å². The van der Waals surface area contributed by atoms with E-state index in [1.54, 1.807) is 0 Å². The van der Waals surface area contributed by atoms with Crippen LogP contribution in [0.5, 0.6) is 0 Å². The van der Waals surface area contributed by atoms with Crippen molar-refractivity contribution in [3.05, 3.63) is 313 Å². The zero-order chi connectivity index (χ0) is 49.5. The summed E-state index contributed by atoms with van der Waals surface area (Å²) in [6.45, 7) is 0. The van der Waals surface area contributed by atoms with Crippen molar-refractivity contribution in [3.8, 4) is 72.4 Å². The number of hydrogen-bond acceptors (Lipinski definition) is 1. The average molecular weight is 953 g/mol. The minimum atomic E-state index is -0.457. The van der Waals surface area contributed by atoms with Crippen LogP contribution in [0.3, 0.4) is 0 Å². The van der Waals surface area contributed by atoms with Crippen molar-refractivity contribution in [2.24, 2.45) is 0 Å². The molecule has 0 unspecified atom stereocenters. The summed E-state index contributed by atoms with van der Waals surface area (Å²) in [6, 6.07) is 108. The lowest BCUT2D eigenvalue weighted by Gasteiger charge is -2.31. The molecule has 1 aromatic heterocycles. The molecule has 0 bridgehead atoms. The van der Waals surface area contributed by atoms with E-state index in [2.05, 4.69) is 301 Å². The molecule has 15 rings (SSSR count). The summed E-state index contributed by atoms with van der Waals surface area (Å²) in [6.07, 6.45) is 0. The first-order valence-electron chi connectivity index (χ1n) is 26.0. The lowest BCUT2D eigenvalue weighted by Crippen LogP contribution is -2.25. The fraction of sp³-hybridized carbons (Fsp3) is 0.0137. The Bertz CT molecular complexity index is 4280. The van der Waals surface area contributed by atoms with Crippen molar-refractivity contribution in [3.63, 3.8) is 0 Å². The molecule has 0 saturated carbocycles. The molecule has 0 atom stereocenters. The van der Waals surface area contributed by atoms with Crippen LogP contribution in [-0.4, -0.2) is 4.57 Å². The van der Waals surface area contributed by atoms with Crippen molar-refractivity contribution in [1.29, 1.82) is 0 Å². The van der Waals surface area contributed by atoms with E-state index >= 15 is 0 Å². The van der Waals surface area contributed by atoms with Gasteiger partial charge in [0.05, 0.1) is 22.1 Å². The van der Waals surface area contributed by atoms with Crippen LogP contribution in [0.4, 0.5) is 17.1 Å². The topological polar surface area (TPSA) is 8.17 Å². The van der Waals surface area contributed by atoms with Gasteiger partial charge in [0.2, 0.25) is 0 Å². The number of anilines is 3. The summed E-state index contributed by atoms with van der Waals surface area (Å²) in [5, 5.41) is 2.48. The summed E-state index contributed by atoms with van der Waals surface area (Å²) in [5.74, 6) is 0. The molecule has 2 heteroatoms. The standard InChI is InChI=1S/C73H48N2/c1-4-19-49(20-5-1)51-35-41-56(42-36-51)74(57-43-37-52(38-44-57)53-40-46-70-64(47-53)60-27-13-17-34-69(60)75(70)55-23-8-3-9-24-55)71-48-54(50-21-6-2-7-22-50)39-45-61(71)62-29-18-33-68-72(62)63-28-12-16-32-67(63)73(68)65-30-14-10-25-58(65)59-26-11-15-31-66(59)73/h1-48H. The number of hydrogen-bond donors (Lipinski definition) is 0. The predicted octanol–water partition coefficient (Wildman–Crippen LogP) is 19.3. The zero-order valence-corrected chi connectivity index (χ0v) is 41.1. The van der Waals surface area contributed by atoms with Gasteiger partial charge in [-0.2, -0.15) is 0 Å². The molecule has 0 aliphatic heterocycles. The number of nitrogens with zero attached hydrogens (tertiary/aromatic N) is 2. The van der Waals surface area contributed by atoms with Crippen LogP contribution in [0.1, 0.15) is 22.3 Å². The summed E-state index contributed by atoms with van der Waals surface area (Å²) < 4.78 is 2.38. The number of fused-ring (bicyclic) bond motifs is 13. The van der Waals surface area contributed by atoms with Crippen molar-refractivity contribution in [2.75, 3.05) is 4.90 Å². The van der Waals surface area contributed by atoms with Gasteiger partial charge in [0.15, 0.2) is 0 Å². The van der Waals surface area contributed by atoms with Gasteiger partial charge in [-0.05, 0) is 144 Å². The second-order valence-corrected chi connectivity index (χ2v) is 19.9. The van der Waals surface area contributed by atoms with Crippen LogP contribution in [0.15, 0.2) is 291 Å². The predicted molar refractivity (Wildman–Crippen MR) is 314 cm³/mol. The minimum absolute atomic E-state index is 0.457. The average Bonchev–Trinajstić information content (AvgIpc) is 4.28. The molecule has 2 aliphatic rings. The molecule has 0 fully saturated rings. The van der Waals surface area contributed by atoms with Crippen LogP contribution >= 0.6 is 0 Å². The summed E-state index contributed by atoms with van der Waals surface area (Å²) >= 11 is 0. The van der Waals surface area contributed by atoms with Crippen LogP contribution < -0.4 is 4.90 Å². The molecule has 2 nitrogen and oxygen atoms in total. The molecular weight excluding hydrogens is 905 g/mol. The van der Waals surface area contributed by atoms with E-state index < -0.39 is 5.41 Å². The van der Waals surface area contributed by atoms with Gasteiger partial charge in [0, 0.05) is 33.4 Å². The third kappa shape index (κ3) is 6.60. The molecule has 0 saturated heterocycles. The van der Waals surface area contributed by atoms with E-state index in [9.17, 15) is 0 Å². The van der Waals surface area contributed by atoms with E-state index in [0.29, 0.717) is 0 Å². The quantitative estimate of drug-likeness (QED) is 0.147. The highest BCUT2D eigenvalue weighted by molar-refractivity contribution is 6.11. The Hall–Kier alpha value is -9.76. The first-order chi connectivity index (χ1) is 37.2. The molecule has 0 radical (unpaired) electrons. The SMILES string of the molecule is c1ccc(-c2ccc(N(c3ccc(-c4ccc5c(c4)c4ccccc4n5-c4ccccc4)cc3)c3cc(-c4ccccc4)ccc3-c3cccc4c3-c3ccccc3C43c4ccccc4-c4ccccc43)cc2)cc1. The van der Waals surface area contributed by atoms with Crippen molar-refractivity contribution in [1.82, 2.24) is 4.57 Å². The normalized spacial score (nSPS) is 12.6. The Balaban J connectivity index is 0.940. The van der Waals surface area contributed by atoms with Gasteiger partial charge >= 0.3 is 0 Å². The molecule has 1 heterocycles. The molecule has 2 aliphatic carbocycles. The smallest absolute Gasteiger partial charge is 0.0725 e. The fourth-order valence-electron chi connectivity index (χ4n) is 12.8. The highest BCUT2D eigenvalue weighted by Gasteiger charge is 2.52. The van der Waals surface area contributed by atoms with E-state index in [4.69, 9.17) is 0 Å². The van der Waals surface area contributed by atoms with Gasteiger partial charge in [0.1, 0.15) is 0 Å². The second kappa shape index (κ2) is 17.2. The van der Waals surface area contributed by atoms with Crippen molar-refractivity contribution in [2.45, 2.75) is 5.41 Å². The molecule has 75 heavy (non-hydrogen) atoms. The summed E-state index contributed by atoms with van der Waals surface area (Å²) in [7, 11) is 0. The summed E-state index contributed by atoms with van der Waals surface area (Å²) in [5.41, 5.74) is 26.3. The first-order valence-corrected chi connectivity index (χ1v) is 26.0. The number of para-hydroxylation sites is 2.